The van der Waals surface area contributed by atoms with Crippen LogP contribution >= 0.6 is 0 Å². The molecule has 0 aliphatic rings. The fourth-order valence-electron chi connectivity index (χ4n) is 1.70. The summed E-state index contributed by atoms with van der Waals surface area (Å²) < 4.78 is 4.04. The number of imidazole rings is 1. The van der Waals surface area contributed by atoms with Gasteiger partial charge in [-0.1, -0.05) is 0 Å². The lowest BCUT2D eigenvalue weighted by molar-refractivity contribution is 0.657. The van der Waals surface area contributed by atoms with Crippen molar-refractivity contribution in [3.05, 3.63) is 36.2 Å². The van der Waals surface area contributed by atoms with E-state index in [0.29, 0.717) is 6.54 Å². The Labute approximate surface area is 94.9 Å². The topological polar surface area (TPSA) is 61.7 Å². The second-order valence-corrected chi connectivity index (χ2v) is 3.71. The lowest BCUT2D eigenvalue weighted by atomic mass is 10.3. The summed E-state index contributed by atoms with van der Waals surface area (Å²) in [7, 11) is 0. The Morgan fingerprint density at radius 1 is 1.44 bits per heavy atom. The van der Waals surface area contributed by atoms with Gasteiger partial charge in [-0.25, -0.2) is 4.98 Å². The molecule has 0 saturated carbocycles. The highest BCUT2D eigenvalue weighted by molar-refractivity contribution is 5.07. The van der Waals surface area contributed by atoms with E-state index in [-0.39, 0.29) is 0 Å². The third kappa shape index (κ3) is 2.30. The van der Waals surface area contributed by atoms with Gasteiger partial charge in [-0.05, 0) is 13.5 Å². The zero-order valence-electron chi connectivity index (χ0n) is 9.50. The zero-order chi connectivity index (χ0) is 11.4. The van der Waals surface area contributed by atoms with Gasteiger partial charge in [0.15, 0.2) is 0 Å². The van der Waals surface area contributed by atoms with Crippen LogP contribution in [0, 0.1) is 0 Å². The van der Waals surface area contributed by atoms with Gasteiger partial charge < -0.3 is 10.3 Å². The Morgan fingerprint density at radius 3 is 3.00 bits per heavy atom. The van der Waals surface area contributed by atoms with Crippen LogP contribution in [0.4, 0.5) is 0 Å². The molecule has 0 radical (unpaired) electrons. The van der Waals surface area contributed by atoms with E-state index >= 15 is 0 Å². The van der Waals surface area contributed by atoms with Crippen LogP contribution in [0.5, 0.6) is 0 Å². The van der Waals surface area contributed by atoms with E-state index in [9.17, 15) is 0 Å². The van der Waals surface area contributed by atoms with Gasteiger partial charge in [-0.3, -0.25) is 4.68 Å². The van der Waals surface area contributed by atoms with E-state index < -0.39 is 0 Å². The van der Waals surface area contributed by atoms with Crippen LogP contribution in [0.2, 0.25) is 0 Å². The van der Waals surface area contributed by atoms with Crippen molar-refractivity contribution in [1.29, 1.82) is 0 Å². The van der Waals surface area contributed by atoms with Crippen LogP contribution in [-0.2, 0) is 19.5 Å². The van der Waals surface area contributed by atoms with Crippen LogP contribution in [-0.4, -0.2) is 25.9 Å². The van der Waals surface area contributed by atoms with E-state index in [1.54, 1.807) is 0 Å². The first-order valence-corrected chi connectivity index (χ1v) is 5.55. The van der Waals surface area contributed by atoms with Gasteiger partial charge in [-0.15, -0.1) is 0 Å². The molecule has 0 aliphatic carbocycles. The molecule has 2 heterocycles. The van der Waals surface area contributed by atoms with Crippen molar-refractivity contribution in [2.45, 2.75) is 26.4 Å². The second kappa shape index (κ2) is 4.94. The van der Waals surface area contributed by atoms with Crippen LogP contribution in [0.1, 0.15) is 18.3 Å². The summed E-state index contributed by atoms with van der Waals surface area (Å²) in [6.07, 6.45) is 8.57. The van der Waals surface area contributed by atoms with Gasteiger partial charge in [0.25, 0.3) is 0 Å². The van der Waals surface area contributed by atoms with Crippen molar-refractivity contribution < 1.29 is 0 Å². The summed E-state index contributed by atoms with van der Waals surface area (Å²) in [6, 6.07) is 0. The van der Waals surface area contributed by atoms with Gasteiger partial charge >= 0.3 is 0 Å². The quantitative estimate of drug-likeness (QED) is 0.803. The predicted molar refractivity (Wildman–Crippen MR) is 62.0 cm³/mol. The van der Waals surface area contributed by atoms with E-state index in [1.807, 2.05) is 23.3 Å². The smallest absolute Gasteiger partial charge is 0.110 e. The molecule has 0 bridgehead atoms. The van der Waals surface area contributed by atoms with Crippen molar-refractivity contribution in [1.82, 2.24) is 19.3 Å². The second-order valence-electron chi connectivity index (χ2n) is 3.71. The molecule has 0 spiro atoms. The van der Waals surface area contributed by atoms with Gasteiger partial charge in [0.2, 0.25) is 0 Å². The van der Waals surface area contributed by atoms with Crippen LogP contribution in [0.15, 0.2) is 24.8 Å². The number of nitrogens with two attached hydrogens (primary N) is 1. The molecule has 16 heavy (non-hydrogen) atoms. The number of rotatable bonds is 5. The Hall–Kier alpha value is -1.62. The lowest BCUT2D eigenvalue weighted by Crippen LogP contribution is -2.10. The predicted octanol–water partition coefficient (Wildman–Crippen LogP) is 0.649. The Morgan fingerprint density at radius 2 is 2.31 bits per heavy atom. The summed E-state index contributed by atoms with van der Waals surface area (Å²) in [5.74, 6) is 1.03. The number of aryl methyl sites for hydroxylation is 1. The summed E-state index contributed by atoms with van der Waals surface area (Å²) in [6.45, 7) is 4.42. The molecule has 2 rings (SSSR count). The highest BCUT2D eigenvalue weighted by Gasteiger charge is 2.04. The first-order valence-electron chi connectivity index (χ1n) is 5.55. The normalized spacial score (nSPS) is 10.9. The minimum absolute atomic E-state index is 0.630. The highest BCUT2D eigenvalue weighted by atomic mass is 15.3. The summed E-state index contributed by atoms with van der Waals surface area (Å²) in [5.41, 5.74) is 6.73. The number of aromatic nitrogens is 4. The van der Waals surface area contributed by atoms with E-state index in [2.05, 4.69) is 27.8 Å². The van der Waals surface area contributed by atoms with Gasteiger partial charge in [-0.2, -0.15) is 5.10 Å². The average Bonchev–Trinajstić information content (AvgIpc) is 2.90. The van der Waals surface area contributed by atoms with E-state index in [1.165, 1.54) is 5.56 Å². The fraction of sp³-hybridized carbons (Fsp3) is 0.455. The van der Waals surface area contributed by atoms with Crippen LogP contribution in [0.3, 0.4) is 0 Å². The molecule has 5 nitrogen and oxygen atoms in total. The third-order valence-electron chi connectivity index (χ3n) is 2.53. The SMILES string of the molecule is CCn1cc(Cn2ccnc2CCN)cn1. The molecule has 5 heteroatoms. The van der Waals surface area contributed by atoms with E-state index in [4.69, 9.17) is 5.73 Å². The minimum Gasteiger partial charge on any atom is -0.330 e. The van der Waals surface area contributed by atoms with Crippen molar-refractivity contribution in [3.63, 3.8) is 0 Å². The molecule has 86 valence electrons. The molecular weight excluding hydrogens is 202 g/mol. The molecule has 0 amide bonds. The molecule has 0 aliphatic heterocycles. The molecular formula is C11H17N5. The third-order valence-corrected chi connectivity index (χ3v) is 2.53. The Balaban J connectivity index is 2.10. The summed E-state index contributed by atoms with van der Waals surface area (Å²) in [5, 5.41) is 4.25. The average molecular weight is 219 g/mol. The molecule has 2 aromatic rings. The largest absolute Gasteiger partial charge is 0.330 e. The number of hydrogen-bond donors (Lipinski definition) is 1. The monoisotopic (exact) mass is 219 g/mol. The molecule has 0 atom stereocenters. The Kier molecular flexibility index (Phi) is 3.36. The van der Waals surface area contributed by atoms with Crippen molar-refractivity contribution in [3.8, 4) is 0 Å². The van der Waals surface area contributed by atoms with Crippen LogP contribution < -0.4 is 5.73 Å². The van der Waals surface area contributed by atoms with Crippen molar-refractivity contribution >= 4 is 0 Å². The van der Waals surface area contributed by atoms with Gasteiger partial charge in [0.05, 0.1) is 12.7 Å². The molecule has 0 aromatic carbocycles. The molecule has 2 N–H and O–H groups in total. The Bertz CT molecular complexity index is 443. The lowest BCUT2D eigenvalue weighted by Gasteiger charge is -2.04. The minimum atomic E-state index is 0.630. The summed E-state index contributed by atoms with van der Waals surface area (Å²) in [4.78, 5) is 4.28. The van der Waals surface area contributed by atoms with Crippen molar-refractivity contribution in [2.75, 3.05) is 6.54 Å². The molecule has 0 saturated heterocycles. The van der Waals surface area contributed by atoms with Crippen molar-refractivity contribution in [2.24, 2.45) is 5.73 Å². The maximum absolute atomic E-state index is 5.54. The molecule has 0 fully saturated rings. The highest BCUT2D eigenvalue weighted by Crippen LogP contribution is 2.05. The van der Waals surface area contributed by atoms with Gasteiger partial charge in [0.1, 0.15) is 5.82 Å². The first-order chi connectivity index (χ1) is 7.83. The fourth-order valence-corrected chi connectivity index (χ4v) is 1.70. The standard InChI is InChI=1S/C11H17N5/c1-2-16-9-10(7-14-16)8-15-6-5-13-11(15)3-4-12/h5-7,9H,2-4,8,12H2,1H3. The number of hydrogen-bond acceptors (Lipinski definition) is 3. The first kappa shape index (κ1) is 10.9. The molecule has 0 unspecified atom stereocenters. The maximum atomic E-state index is 5.54. The maximum Gasteiger partial charge on any atom is 0.110 e. The zero-order valence-corrected chi connectivity index (χ0v) is 9.50. The summed E-state index contributed by atoms with van der Waals surface area (Å²) >= 11 is 0. The van der Waals surface area contributed by atoms with Crippen LogP contribution in [0.25, 0.3) is 0 Å². The number of nitrogens with zero attached hydrogens (tertiary/aromatic N) is 4. The molecule has 2 aromatic heterocycles. The van der Waals surface area contributed by atoms with Gasteiger partial charge in [0, 0.05) is 37.1 Å². The van der Waals surface area contributed by atoms with E-state index in [0.717, 1.165) is 25.3 Å².